The van der Waals surface area contributed by atoms with Crippen molar-refractivity contribution in [2.45, 2.75) is 25.5 Å². The van der Waals surface area contributed by atoms with Crippen LogP contribution in [0.2, 0.25) is 0 Å². The van der Waals surface area contributed by atoms with Gasteiger partial charge < -0.3 is 20.6 Å². The first-order chi connectivity index (χ1) is 13.9. The number of halogens is 2. The minimum absolute atomic E-state index is 0. The van der Waals surface area contributed by atoms with Crippen LogP contribution in [0, 0.1) is 5.82 Å². The lowest BCUT2D eigenvalue weighted by Gasteiger charge is -2.45. The van der Waals surface area contributed by atoms with Crippen LogP contribution in [-0.2, 0) is 0 Å². The van der Waals surface area contributed by atoms with Crippen LogP contribution < -0.4 is 15.5 Å². The molecule has 1 fully saturated rings. The summed E-state index contributed by atoms with van der Waals surface area (Å²) in [6.45, 7) is 4.72. The van der Waals surface area contributed by atoms with Gasteiger partial charge in [-0.2, -0.15) is 9.97 Å². The molecular weight excluding hydrogens is 409 g/mol. The SMILES string of the molecule is CC(Nc1nc(Nc2cnccn2)cc(N2CC(C)(O)C2)n1)c1ccc(F)cc1.Cl. The van der Waals surface area contributed by atoms with Gasteiger partial charge >= 0.3 is 0 Å². The first kappa shape index (κ1) is 21.7. The van der Waals surface area contributed by atoms with Crippen LogP contribution in [0.3, 0.4) is 0 Å². The summed E-state index contributed by atoms with van der Waals surface area (Å²) in [6.07, 6.45) is 4.79. The largest absolute Gasteiger partial charge is 0.386 e. The molecule has 1 unspecified atom stereocenters. The van der Waals surface area contributed by atoms with Gasteiger partial charge in [0.15, 0.2) is 0 Å². The summed E-state index contributed by atoms with van der Waals surface area (Å²) >= 11 is 0. The normalized spacial score (nSPS) is 15.5. The number of β-amino-alcohol motifs (C(OH)–C–C–N with tert-alkyl or cyclic N) is 1. The Balaban J connectivity index is 0.00000256. The highest BCUT2D eigenvalue weighted by atomic mass is 35.5. The average molecular weight is 432 g/mol. The number of nitrogens with zero attached hydrogens (tertiary/aromatic N) is 5. The van der Waals surface area contributed by atoms with Crippen LogP contribution in [0.25, 0.3) is 0 Å². The molecule has 30 heavy (non-hydrogen) atoms. The number of nitrogens with one attached hydrogen (secondary N) is 2. The van der Waals surface area contributed by atoms with Gasteiger partial charge in [-0.25, -0.2) is 9.37 Å². The fourth-order valence-electron chi connectivity index (χ4n) is 3.19. The molecule has 10 heteroatoms. The quantitative estimate of drug-likeness (QED) is 0.546. The lowest BCUT2D eigenvalue weighted by Crippen LogP contribution is -2.60. The van der Waals surface area contributed by atoms with Crippen molar-refractivity contribution in [3.63, 3.8) is 0 Å². The van der Waals surface area contributed by atoms with E-state index in [0.717, 1.165) is 5.56 Å². The molecular formula is C20H23ClFN7O. The van der Waals surface area contributed by atoms with Crippen LogP contribution in [-0.4, -0.2) is 43.7 Å². The van der Waals surface area contributed by atoms with E-state index >= 15 is 0 Å². The van der Waals surface area contributed by atoms with E-state index in [4.69, 9.17) is 0 Å². The van der Waals surface area contributed by atoms with Gasteiger partial charge in [0.25, 0.3) is 0 Å². The minimum atomic E-state index is -0.724. The van der Waals surface area contributed by atoms with Crippen LogP contribution in [0.1, 0.15) is 25.5 Å². The second-order valence-electron chi connectivity index (χ2n) is 7.42. The minimum Gasteiger partial charge on any atom is -0.386 e. The van der Waals surface area contributed by atoms with Crippen molar-refractivity contribution in [3.8, 4) is 0 Å². The average Bonchev–Trinajstić information content (AvgIpc) is 2.67. The molecule has 3 N–H and O–H groups in total. The Hall–Kier alpha value is -3.04. The summed E-state index contributed by atoms with van der Waals surface area (Å²) in [5, 5.41) is 16.5. The van der Waals surface area contributed by atoms with E-state index in [0.29, 0.717) is 36.5 Å². The third-order valence-corrected chi connectivity index (χ3v) is 4.63. The fraction of sp³-hybridized carbons (Fsp3) is 0.300. The highest BCUT2D eigenvalue weighted by Crippen LogP contribution is 2.29. The van der Waals surface area contributed by atoms with Crippen molar-refractivity contribution in [1.29, 1.82) is 0 Å². The monoisotopic (exact) mass is 431 g/mol. The molecule has 3 aromatic rings. The summed E-state index contributed by atoms with van der Waals surface area (Å²) < 4.78 is 13.2. The maximum atomic E-state index is 13.2. The topological polar surface area (TPSA) is 99.1 Å². The highest BCUT2D eigenvalue weighted by Gasteiger charge is 2.37. The van der Waals surface area contributed by atoms with Gasteiger partial charge in [-0.3, -0.25) is 4.98 Å². The number of aliphatic hydroxyl groups is 1. The van der Waals surface area contributed by atoms with E-state index in [1.807, 2.05) is 11.8 Å². The Labute approximate surface area is 180 Å². The maximum Gasteiger partial charge on any atom is 0.227 e. The van der Waals surface area contributed by atoms with Crippen LogP contribution in [0.15, 0.2) is 48.9 Å². The Morgan fingerprint density at radius 1 is 1.13 bits per heavy atom. The third kappa shape index (κ3) is 5.11. The molecule has 0 bridgehead atoms. The molecule has 4 rings (SSSR count). The number of anilines is 4. The summed E-state index contributed by atoms with van der Waals surface area (Å²) in [5.74, 6) is 1.93. The Kier molecular flexibility index (Phi) is 6.33. The summed E-state index contributed by atoms with van der Waals surface area (Å²) in [5.41, 5.74) is 0.189. The van der Waals surface area contributed by atoms with Crippen molar-refractivity contribution in [2.24, 2.45) is 0 Å². The van der Waals surface area contributed by atoms with Gasteiger partial charge in [-0.1, -0.05) is 12.1 Å². The molecule has 1 saturated heterocycles. The predicted octanol–water partition coefficient (Wildman–Crippen LogP) is 3.32. The Morgan fingerprint density at radius 2 is 1.87 bits per heavy atom. The fourth-order valence-corrected chi connectivity index (χ4v) is 3.19. The van der Waals surface area contributed by atoms with E-state index in [9.17, 15) is 9.50 Å². The maximum absolute atomic E-state index is 13.2. The number of hydrogen-bond donors (Lipinski definition) is 3. The number of hydrogen-bond acceptors (Lipinski definition) is 8. The van der Waals surface area contributed by atoms with E-state index < -0.39 is 5.60 Å². The summed E-state index contributed by atoms with van der Waals surface area (Å²) in [6, 6.07) is 7.97. The third-order valence-electron chi connectivity index (χ3n) is 4.63. The van der Waals surface area contributed by atoms with Crippen LogP contribution in [0.4, 0.5) is 27.8 Å². The molecule has 0 saturated carbocycles. The Morgan fingerprint density at radius 3 is 2.50 bits per heavy atom. The van der Waals surface area contributed by atoms with E-state index in [1.165, 1.54) is 12.1 Å². The molecule has 1 aromatic carbocycles. The lowest BCUT2D eigenvalue weighted by molar-refractivity contribution is 0.0305. The standard InChI is InChI=1S/C20H22FN7O.ClH/c1-13(14-3-5-15(21)6-4-14)24-19-26-16(25-17-10-22-7-8-23-17)9-18(27-19)28-11-20(2,29)12-28;/h3-10,13,29H,11-12H2,1-2H3,(H2,23,24,25,26,27);1H. The van der Waals surface area contributed by atoms with Crippen LogP contribution >= 0.6 is 12.4 Å². The number of benzene rings is 1. The van der Waals surface area contributed by atoms with E-state index in [-0.39, 0.29) is 24.3 Å². The summed E-state index contributed by atoms with van der Waals surface area (Å²) in [4.78, 5) is 19.3. The van der Waals surface area contributed by atoms with Crippen molar-refractivity contribution in [3.05, 3.63) is 60.3 Å². The van der Waals surface area contributed by atoms with Crippen molar-refractivity contribution in [2.75, 3.05) is 28.6 Å². The van der Waals surface area contributed by atoms with Gasteiger partial charge in [-0.05, 0) is 31.5 Å². The van der Waals surface area contributed by atoms with E-state index in [2.05, 4.69) is 30.6 Å². The number of aromatic nitrogens is 4. The molecule has 1 aliphatic heterocycles. The lowest BCUT2D eigenvalue weighted by atomic mass is 9.97. The highest BCUT2D eigenvalue weighted by molar-refractivity contribution is 5.85. The zero-order valence-corrected chi connectivity index (χ0v) is 17.4. The Bertz CT molecular complexity index is 980. The molecule has 8 nitrogen and oxygen atoms in total. The first-order valence-electron chi connectivity index (χ1n) is 9.29. The molecule has 0 aliphatic carbocycles. The second-order valence-corrected chi connectivity index (χ2v) is 7.42. The molecule has 0 amide bonds. The van der Waals surface area contributed by atoms with Gasteiger partial charge in [0.05, 0.1) is 17.8 Å². The second kappa shape index (κ2) is 8.76. The van der Waals surface area contributed by atoms with Crippen molar-refractivity contribution in [1.82, 2.24) is 19.9 Å². The van der Waals surface area contributed by atoms with Gasteiger partial charge in [0.1, 0.15) is 23.3 Å². The van der Waals surface area contributed by atoms with Crippen molar-refractivity contribution >= 4 is 35.8 Å². The molecule has 2 aromatic heterocycles. The number of rotatable bonds is 6. The first-order valence-corrected chi connectivity index (χ1v) is 9.29. The summed E-state index contributed by atoms with van der Waals surface area (Å²) in [7, 11) is 0. The van der Waals surface area contributed by atoms with E-state index in [1.54, 1.807) is 43.7 Å². The van der Waals surface area contributed by atoms with Crippen molar-refractivity contribution < 1.29 is 9.50 Å². The molecule has 3 heterocycles. The van der Waals surface area contributed by atoms with Gasteiger partial charge in [0, 0.05) is 31.5 Å². The smallest absolute Gasteiger partial charge is 0.227 e. The molecule has 158 valence electrons. The molecule has 0 spiro atoms. The molecule has 1 atom stereocenters. The van der Waals surface area contributed by atoms with Gasteiger partial charge in [0.2, 0.25) is 5.95 Å². The molecule has 1 aliphatic rings. The zero-order valence-electron chi connectivity index (χ0n) is 16.6. The van der Waals surface area contributed by atoms with Gasteiger partial charge in [-0.15, -0.1) is 12.4 Å². The predicted molar refractivity (Wildman–Crippen MR) is 116 cm³/mol. The zero-order chi connectivity index (χ0) is 20.4. The molecule has 0 radical (unpaired) electrons. The van der Waals surface area contributed by atoms with Crippen LogP contribution in [0.5, 0.6) is 0 Å².